The molecule has 0 aromatic heterocycles. The van der Waals surface area contributed by atoms with E-state index in [4.69, 9.17) is 14.2 Å². The van der Waals surface area contributed by atoms with E-state index < -0.39 is 49.5 Å². The summed E-state index contributed by atoms with van der Waals surface area (Å²) in [5.74, 6) is -0.226. The lowest BCUT2D eigenvalue weighted by Gasteiger charge is -2.40. The highest BCUT2D eigenvalue weighted by molar-refractivity contribution is 5.76. The van der Waals surface area contributed by atoms with Gasteiger partial charge in [0.15, 0.2) is 6.29 Å². The predicted molar refractivity (Wildman–Crippen MR) is 319 cm³/mol. The number of hydrogen-bond acceptors (Lipinski definition) is 10. The van der Waals surface area contributed by atoms with Gasteiger partial charge in [-0.3, -0.25) is 9.59 Å². The zero-order chi connectivity index (χ0) is 55.9. The first-order valence-corrected chi connectivity index (χ1v) is 31.3. The fraction of sp³-hybridized carbons (Fsp3) is 0.758. The van der Waals surface area contributed by atoms with Crippen LogP contribution in [0.2, 0.25) is 0 Å². The van der Waals surface area contributed by atoms with Gasteiger partial charge in [0.1, 0.15) is 24.4 Å². The molecule has 0 aliphatic carbocycles. The van der Waals surface area contributed by atoms with E-state index in [-0.39, 0.29) is 18.5 Å². The lowest BCUT2D eigenvalue weighted by Crippen LogP contribution is -2.60. The maximum atomic E-state index is 13.0. The van der Waals surface area contributed by atoms with Crippen molar-refractivity contribution in [2.75, 3.05) is 19.8 Å². The summed E-state index contributed by atoms with van der Waals surface area (Å²) in [6.45, 7) is 4.04. The zero-order valence-corrected chi connectivity index (χ0v) is 48.9. The Kier molecular flexibility index (Phi) is 51.1. The number of amides is 1. The number of aliphatic hydroxyl groups is 5. The molecule has 7 unspecified atom stereocenters. The average molecular weight is 1080 g/mol. The molecule has 0 saturated carbocycles. The third-order valence-electron chi connectivity index (χ3n) is 14.3. The van der Waals surface area contributed by atoms with Gasteiger partial charge < -0.3 is 45.1 Å². The summed E-state index contributed by atoms with van der Waals surface area (Å²) in [5, 5.41) is 54.1. The largest absolute Gasteiger partial charge is 0.466 e. The lowest BCUT2D eigenvalue weighted by molar-refractivity contribution is -0.302. The van der Waals surface area contributed by atoms with Gasteiger partial charge in [0.05, 0.1) is 32.0 Å². The van der Waals surface area contributed by atoms with Crippen LogP contribution in [-0.4, -0.2) is 100 Å². The van der Waals surface area contributed by atoms with Crippen LogP contribution in [0.15, 0.2) is 85.1 Å². The molecule has 444 valence electrons. The third-order valence-corrected chi connectivity index (χ3v) is 14.3. The van der Waals surface area contributed by atoms with Crippen molar-refractivity contribution in [3.05, 3.63) is 85.1 Å². The molecule has 6 N–H and O–H groups in total. The molecule has 11 nitrogen and oxygen atoms in total. The number of aliphatic hydroxyl groups excluding tert-OH is 5. The molecule has 1 aliphatic heterocycles. The minimum Gasteiger partial charge on any atom is -0.466 e. The van der Waals surface area contributed by atoms with Gasteiger partial charge in [-0.05, 0) is 116 Å². The summed E-state index contributed by atoms with van der Waals surface area (Å²) in [7, 11) is 0. The summed E-state index contributed by atoms with van der Waals surface area (Å²) >= 11 is 0. The van der Waals surface area contributed by atoms with Crippen LogP contribution in [0.3, 0.4) is 0 Å². The van der Waals surface area contributed by atoms with Crippen molar-refractivity contribution < 1.29 is 49.3 Å². The van der Waals surface area contributed by atoms with Gasteiger partial charge in [0, 0.05) is 12.8 Å². The van der Waals surface area contributed by atoms with Crippen molar-refractivity contribution in [1.82, 2.24) is 5.32 Å². The molecule has 0 spiro atoms. The van der Waals surface area contributed by atoms with Crippen molar-refractivity contribution in [1.29, 1.82) is 0 Å². The lowest BCUT2D eigenvalue weighted by atomic mass is 9.99. The van der Waals surface area contributed by atoms with E-state index in [0.29, 0.717) is 25.9 Å². The monoisotopic (exact) mass is 1080 g/mol. The summed E-state index contributed by atoms with van der Waals surface area (Å²) in [6.07, 6.45) is 64.3. The van der Waals surface area contributed by atoms with E-state index in [9.17, 15) is 35.1 Å². The molecule has 1 aliphatic rings. The van der Waals surface area contributed by atoms with Crippen LogP contribution < -0.4 is 5.32 Å². The van der Waals surface area contributed by atoms with Crippen LogP contribution in [0, 0.1) is 0 Å². The number of esters is 1. The fourth-order valence-electron chi connectivity index (χ4n) is 9.30. The van der Waals surface area contributed by atoms with Gasteiger partial charge >= 0.3 is 5.97 Å². The van der Waals surface area contributed by atoms with Crippen LogP contribution >= 0.6 is 0 Å². The second-order valence-corrected chi connectivity index (χ2v) is 21.4. The smallest absolute Gasteiger partial charge is 0.305 e. The molecule has 0 bridgehead atoms. The standard InChI is InChI=1S/C66H115NO10/c1-3-5-7-9-11-13-14-15-16-24-28-31-34-38-42-46-50-54-62(71)75-55-51-47-43-39-35-32-29-26-23-21-19-17-18-20-22-25-27-30-33-37-41-45-49-53-61(70)67-58(59(69)52-48-44-40-36-12-10-8-6-4-2)57-76-66-65(74)64(73)63(72)60(56-68)77-66/h4,6,11-13,15-17,19-20,22,36,48,52,58-60,63-66,68-69,72-74H,3,5,7-10,14,18,21,23-35,37-47,49-51,53-57H2,1-2H3,(H,67,70)/b6-4+,13-11-,16-15-,19-17-,22-20-,36-12+,52-48+. The van der Waals surface area contributed by atoms with E-state index in [2.05, 4.69) is 79.1 Å². The number of carbonyl (C=O) groups excluding carboxylic acids is 2. The van der Waals surface area contributed by atoms with Crippen molar-refractivity contribution in [3.8, 4) is 0 Å². The van der Waals surface area contributed by atoms with Gasteiger partial charge in [-0.2, -0.15) is 0 Å². The highest BCUT2D eigenvalue weighted by Crippen LogP contribution is 2.23. The molecule has 1 amide bonds. The van der Waals surface area contributed by atoms with Gasteiger partial charge in [0.25, 0.3) is 0 Å². The number of ether oxygens (including phenoxy) is 3. The molecule has 0 aromatic rings. The number of unbranched alkanes of at least 4 members (excludes halogenated alkanes) is 28. The van der Waals surface area contributed by atoms with E-state index in [1.165, 1.54) is 128 Å². The first-order chi connectivity index (χ1) is 37.7. The molecular formula is C66H115NO10. The molecule has 1 rings (SSSR count). The van der Waals surface area contributed by atoms with Gasteiger partial charge in [0.2, 0.25) is 5.91 Å². The van der Waals surface area contributed by atoms with Crippen LogP contribution in [0.5, 0.6) is 0 Å². The van der Waals surface area contributed by atoms with E-state index >= 15 is 0 Å². The van der Waals surface area contributed by atoms with E-state index in [1.807, 2.05) is 19.1 Å². The molecule has 1 heterocycles. The SMILES string of the molecule is C/C=C/CC/C=C/CC/C=C/C(O)C(COC1OC(CO)C(O)C(O)C1O)NC(=O)CCCCCCCCC/C=C\C/C=C\CCCCCCCCCCCOC(=O)CCCCCCCCC/C=C\C/C=C\CCCCC. The Morgan fingerprint density at radius 3 is 1.43 bits per heavy atom. The summed E-state index contributed by atoms with van der Waals surface area (Å²) < 4.78 is 16.7. The van der Waals surface area contributed by atoms with Crippen molar-refractivity contribution >= 4 is 11.9 Å². The minimum atomic E-state index is -1.58. The molecular weight excluding hydrogens is 967 g/mol. The number of carbonyl (C=O) groups is 2. The first kappa shape index (κ1) is 71.9. The highest BCUT2D eigenvalue weighted by atomic mass is 16.7. The summed E-state index contributed by atoms with van der Waals surface area (Å²) in [6, 6.07) is -0.843. The van der Waals surface area contributed by atoms with Crippen molar-refractivity contribution in [3.63, 3.8) is 0 Å². The number of hydrogen-bond donors (Lipinski definition) is 6. The van der Waals surface area contributed by atoms with Crippen LogP contribution in [0.4, 0.5) is 0 Å². The Hall–Kier alpha value is -3.16. The Morgan fingerprint density at radius 2 is 0.935 bits per heavy atom. The number of allylic oxidation sites excluding steroid dienone is 13. The fourth-order valence-corrected chi connectivity index (χ4v) is 9.30. The normalized spacial score (nSPS) is 19.2. The van der Waals surface area contributed by atoms with Gasteiger partial charge in [-0.25, -0.2) is 0 Å². The molecule has 7 atom stereocenters. The van der Waals surface area contributed by atoms with E-state index in [1.54, 1.807) is 6.08 Å². The summed E-state index contributed by atoms with van der Waals surface area (Å²) in [4.78, 5) is 25.1. The van der Waals surface area contributed by atoms with Crippen molar-refractivity contribution in [2.45, 2.75) is 301 Å². The van der Waals surface area contributed by atoms with Crippen LogP contribution in [0.25, 0.3) is 0 Å². The van der Waals surface area contributed by atoms with Crippen LogP contribution in [-0.2, 0) is 23.8 Å². The number of rotatable bonds is 53. The average Bonchev–Trinajstić information content (AvgIpc) is 3.43. The topological polar surface area (TPSA) is 175 Å². The maximum Gasteiger partial charge on any atom is 0.305 e. The van der Waals surface area contributed by atoms with E-state index in [0.717, 1.165) is 96.3 Å². The third kappa shape index (κ3) is 44.3. The quantitative estimate of drug-likeness (QED) is 0.0195. The summed E-state index contributed by atoms with van der Waals surface area (Å²) in [5.41, 5.74) is 0. The molecule has 77 heavy (non-hydrogen) atoms. The second-order valence-electron chi connectivity index (χ2n) is 21.4. The maximum absolute atomic E-state index is 13.0. The Bertz CT molecular complexity index is 1550. The van der Waals surface area contributed by atoms with Crippen LogP contribution in [0.1, 0.15) is 258 Å². The molecule has 0 radical (unpaired) electrons. The number of nitrogens with one attached hydrogen (secondary N) is 1. The molecule has 0 aromatic carbocycles. The highest BCUT2D eigenvalue weighted by Gasteiger charge is 2.44. The van der Waals surface area contributed by atoms with Gasteiger partial charge in [-0.1, -0.05) is 214 Å². The predicted octanol–water partition coefficient (Wildman–Crippen LogP) is 14.9. The zero-order valence-electron chi connectivity index (χ0n) is 48.9. The first-order valence-electron chi connectivity index (χ1n) is 31.3. The molecule has 1 saturated heterocycles. The van der Waals surface area contributed by atoms with Crippen molar-refractivity contribution in [2.24, 2.45) is 0 Å². The molecule has 11 heteroatoms. The second kappa shape index (κ2) is 54.8. The Labute approximate surface area is 470 Å². The Morgan fingerprint density at radius 1 is 0.506 bits per heavy atom. The Balaban J connectivity index is 2.00. The van der Waals surface area contributed by atoms with Gasteiger partial charge in [-0.15, -0.1) is 0 Å². The molecule has 1 fully saturated rings. The minimum absolute atomic E-state index is 0.0145.